The molecule has 1 heterocycles. The molecule has 3 rings (SSSR count). The molecule has 1 fully saturated rings. The average molecular weight is 356 g/mol. The topological polar surface area (TPSA) is 114 Å². The van der Waals surface area contributed by atoms with Crippen LogP contribution >= 0.6 is 0 Å². The van der Waals surface area contributed by atoms with Crippen LogP contribution < -0.4 is 0 Å². The summed E-state index contributed by atoms with van der Waals surface area (Å²) in [5, 5.41) is 9.59. The summed E-state index contributed by atoms with van der Waals surface area (Å²) in [5.74, 6) is 0.397. The lowest BCUT2D eigenvalue weighted by Crippen LogP contribution is -2.20. The Bertz CT molecular complexity index is 689. The first kappa shape index (κ1) is 20.1. The van der Waals surface area contributed by atoms with Crippen molar-refractivity contribution in [2.75, 3.05) is 13.2 Å². The van der Waals surface area contributed by atoms with E-state index < -0.39 is 10.4 Å². The van der Waals surface area contributed by atoms with Crippen LogP contribution in [0.1, 0.15) is 11.1 Å². The minimum Gasteiger partial charge on any atom is -0.508 e. The molecule has 0 atom stereocenters. The normalized spacial score (nSPS) is 15.5. The maximum absolute atomic E-state index is 10.1. The Kier molecular flexibility index (Phi) is 8.37. The number of benzene rings is 2. The maximum atomic E-state index is 10.1. The van der Waals surface area contributed by atoms with Crippen LogP contribution in [0.25, 0.3) is 0 Å². The van der Waals surface area contributed by atoms with E-state index in [1.807, 2.05) is 36.4 Å². The van der Waals surface area contributed by atoms with Crippen LogP contribution in [0.5, 0.6) is 5.75 Å². The summed E-state index contributed by atoms with van der Waals surface area (Å²) in [7, 11) is -3.80. The van der Waals surface area contributed by atoms with Gasteiger partial charge in [0.2, 0.25) is 0 Å². The molecule has 0 amide bonds. The zero-order chi connectivity index (χ0) is 16.5. The molecule has 0 bridgehead atoms. The van der Waals surface area contributed by atoms with Crippen LogP contribution in [0.3, 0.4) is 0 Å². The Balaban J connectivity index is 0.000000273. The highest BCUT2D eigenvalue weighted by Gasteiger charge is 2.17. The standard InChI is InChI=1S/C14H14O.C2H4O5S.H2O/c15-14-9-5-4-8-13(14)11-10-12-6-2-1-3-7-12;3-8(4)6-2-1-5-7-8;/h1-9,15H,10-11H2;1-2H2;1H2. The van der Waals surface area contributed by atoms with E-state index in [1.54, 1.807) is 6.07 Å². The van der Waals surface area contributed by atoms with Gasteiger partial charge in [0, 0.05) is 0 Å². The number of aromatic hydroxyl groups is 1. The molecule has 8 heteroatoms. The Morgan fingerprint density at radius 3 is 2.12 bits per heavy atom. The van der Waals surface area contributed by atoms with Gasteiger partial charge in [-0.05, 0) is 30.0 Å². The van der Waals surface area contributed by atoms with E-state index in [9.17, 15) is 13.5 Å². The van der Waals surface area contributed by atoms with E-state index in [0.29, 0.717) is 5.75 Å². The van der Waals surface area contributed by atoms with Gasteiger partial charge in [-0.1, -0.05) is 52.9 Å². The Hall–Kier alpha value is -1.97. The van der Waals surface area contributed by atoms with Crippen LogP contribution in [-0.2, 0) is 36.6 Å². The SMILES string of the molecule is O.O=S1(=O)OCCOO1.Oc1ccccc1CCc1ccccc1. The van der Waals surface area contributed by atoms with Crippen LogP contribution in [-0.4, -0.2) is 32.2 Å². The number of aryl methyl sites for hydroxylation is 2. The lowest BCUT2D eigenvalue weighted by molar-refractivity contribution is -0.233. The van der Waals surface area contributed by atoms with Crippen LogP contribution in [0, 0.1) is 0 Å². The van der Waals surface area contributed by atoms with Crippen molar-refractivity contribution in [1.29, 1.82) is 0 Å². The number of rotatable bonds is 3. The van der Waals surface area contributed by atoms with Gasteiger partial charge in [-0.25, -0.2) is 9.07 Å². The van der Waals surface area contributed by atoms with Crippen molar-refractivity contribution in [1.82, 2.24) is 0 Å². The largest absolute Gasteiger partial charge is 0.508 e. The summed E-state index contributed by atoms with van der Waals surface area (Å²) in [6.07, 6.45) is 1.86. The van der Waals surface area contributed by atoms with Crippen molar-refractivity contribution < 1.29 is 32.4 Å². The fourth-order valence-corrected chi connectivity index (χ4v) is 2.43. The summed E-state index contributed by atoms with van der Waals surface area (Å²) in [5.41, 5.74) is 2.32. The zero-order valence-corrected chi connectivity index (χ0v) is 13.7. The van der Waals surface area contributed by atoms with Crippen molar-refractivity contribution >= 4 is 10.4 Å². The molecule has 1 saturated heterocycles. The second-order valence-electron chi connectivity index (χ2n) is 4.73. The molecule has 1 aliphatic rings. The number of para-hydroxylation sites is 1. The van der Waals surface area contributed by atoms with Gasteiger partial charge in [0.05, 0.1) is 6.61 Å². The van der Waals surface area contributed by atoms with Gasteiger partial charge in [0.1, 0.15) is 12.4 Å². The predicted octanol–water partition coefficient (Wildman–Crippen LogP) is 1.56. The fourth-order valence-electron chi connectivity index (χ4n) is 1.93. The second kappa shape index (κ2) is 10.0. The van der Waals surface area contributed by atoms with E-state index in [2.05, 4.69) is 25.5 Å². The highest BCUT2D eigenvalue weighted by molar-refractivity contribution is 7.81. The zero-order valence-electron chi connectivity index (χ0n) is 12.9. The summed E-state index contributed by atoms with van der Waals surface area (Å²) in [6, 6.07) is 17.8. The van der Waals surface area contributed by atoms with Crippen LogP contribution in [0.15, 0.2) is 54.6 Å². The molecular formula is C16H20O7S. The third-order valence-corrected chi connectivity index (χ3v) is 3.76. The molecule has 0 unspecified atom stereocenters. The lowest BCUT2D eigenvalue weighted by atomic mass is 10.0. The predicted molar refractivity (Wildman–Crippen MR) is 87.5 cm³/mol. The summed E-state index contributed by atoms with van der Waals surface area (Å²) in [4.78, 5) is 4.07. The third kappa shape index (κ3) is 7.07. The quantitative estimate of drug-likeness (QED) is 0.835. The molecule has 0 radical (unpaired) electrons. The number of phenolic OH excluding ortho intramolecular Hbond substituents is 1. The summed E-state index contributed by atoms with van der Waals surface area (Å²) < 4.78 is 28.0. The molecule has 1 aliphatic heterocycles. The van der Waals surface area contributed by atoms with Crippen molar-refractivity contribution in [2.45, 2.75) is 12.8 Å². The second-order valence-corrected chi connectivity index (χ2v) is 5.92. The molecule has 0 aliphatic carbocycles. The van der Waals surface area contributed by atoms with Gasteiger partial charge >= 0.3 is 10.4 Å². The Labute approximate surface area is 141 Å². The average Bonchev–Trinajstić information content (AvgIpc) is 2.55. The highest BCUT2D eigenvalue weighted by Crippen LogP contribution is 2.17. The first-order chi connectivity index (χ1) is 11.1. The molecule has 24 heavy (non-hydrogen) atoms. The summed E-state index contributed by atoms with van der Waals surface area (Å²) >= 11 is 0. The van der Waals surface area contributed by atoms with E-state index in [1.165, 1.54) is 5.56 Å². The highest BCUT2D eigenvalue weighted by atomic mass is 32.3. The molecule has 2 aromatic carbocycles. The molecule has 0 aromatic heterocycles. The van der Waals surface area contributed by atoms with Crippen LogP contribution in [0.2, 0.25) is 0 Å². The van der Waals surface area contributed by atoms with Crippen LogP contribution in [0.4, 0.5) is 0 Å². The van der Waals surface area contributed by atoms with E-state index in [0.717, 1.165) is 18.4 Å². The van der Waals surface area contributed by atoms with Gasteiger partial charge in [0.25, 0.3) is 0 Å². The van der Waals surface area contributed by atoms with Gasteiger partial charge in [0.15, 0.2) is 0 Å². The van der Waals surface area contributed by atoms with E-state index >= 15 is 0 Å². The van der Waals surface area contributed by atoms with Gasteiger partial charge in [-0.3, -0.25) is 0 Å². The summed E-state index contributed by atoms with van der Waals surface area (Å²) in [6.45, 7) is 0.182. The first-order valence-electron chi connectivity index (χ1n) is 7.08. The molecule has 132 valence electrons. The van der Waals surface area contributed by atoms with Crippen molar-refractivity contribution in [2.24, 2.45) is 0 Å². The third-order valence-electron chi connectivity index (χ3n) is 3.04. The lowest BCUT2D eigenvalue weighted by Gasteiger charge is -2.08. The number of hydrogen-bond acceptors (Lipinski definition) is 6. The monoisotopic (exact) mass is 356 g/mol. The molecular weight excluding hydrogens is 336 g/mol. The number of hydrogen-bond donors (Lipinski definition) is 1. The van der Waals surface area contributed by atoms with Gasteiger partial charge < -0.3 is 10.6 Å². The smallest absolute Gasteiger partial charge is 0.426 e. The number of phenols is 1. The van der Waals surface area contributed by atoms with Crippen molar-refractivity contribution in [3.63, 3.8) is 0 Å². The van der Waals surface area contributed by atoms with Crippen molar-refractivity contribution in [3.8, 4) is 5.75 Å². The first-order valence-corrected chi connectivity index (χ1v) is 8.41. The Morgan fingerprint density at radius 2 is 1.58 bits per heavy atom. The Morgan fingerprint density at radius 1 is 0.917 bits per heavy atom. The minimum atomic E-state index is -3.80. The minimum absolute atomic E-state index is 0. The molecule has 7 nitrogen and oxygen atoms in total. The van der Waals surface area contributed by atoms with E-state index in [4.69, 9.17) is 0 Å². The molecule has 0 spiro atoms. The van der Waals surface area contributed by atoms with E-state index in [-0.39, 0.29) is 18.7 Å². The molecule has 3 N–H and O–H groups in total. The maximum Gasteiger partial charge on any atom is 0.426 e. The van der Waals surface area contributed by atoms with Crippen molar-refractivity contribution in [3.05, 3.63) is 65.7 Å². The van der Waals surface area contributed by atoms with Gasteiger partial charge in [-0.2, -0.15) is 8.42 Å². The van der Waals surface area contributed by atoms with Gasteiger partial charge in [-0.15, -0.1) is 0 Å². The molecule has 2 aromatic rings. The molecule has 0 saturated carbocycles. The fraction of sp³-hybridized carbons (Fsp3) is 0.250.